The molecule has 0 unspecified atom stereocenters. The lowest BCUT2D eigenvalue weighted by Crippen LogP contribution is -2.23. The zero-order valence-electron chi connectivity index (χ0n) is 13.6. The van der Waals surface area contributed by atoms with Gasteiger partial charge in [-0.3, -0.25) is 4.79 Å². The predicted octanol–water partition coefficient (Wildman–Crippen LogP) is 2.30. The molecule has 0 bridgehead atoms. The molecular weight excluding hydrogens is 290 g/mol. The minimum absolute atomic E-state index is 0.0950. The molecule has 6 nitrogen and oxygen atoms in total. The highest BCUT2D eigenvalue weighted by Crippen LogP contribution is 2.20. The number of hydrogen-bond donors (Lipinski definition) is 2. The SMILES string of the molecule is Cc1ncc(CNCc2nc3ccccc3n2C(C)C)c(=O)[nH]1. The average Bonchev–Trinajstić information content (AvgIpc) is 2.87. The Hall–Kier alpha value is -2.47. The molecule has 0 atom stereocenters. The number of imidazole rings is 1. The van der Waals surface area contributed by atoms with E-state index >= 15 is 0 Å². The van der Waals surface area contributed by atoms with Gasteiger partial charge in [0.1, 0.15) is 11.6 Å². The van der Waals surface area contributed by atoms with Crippen LogP contribution in [-0.2, 0) is 13.1 Å². The molecule has 3 aromatic rings. The summed E-state index contributed by atoms with van der Waals surface area (Å²) in [5, 5.41) is 3.29. The number of aromatic amines is 1. The van der Waals surface area contributed by atoms with E-state index in [-0.39, 0.29) is 5.56 Å². The molecule has 23 heavy (non-hydrogen) atoms. The van der Waals surface area contributed by atoms with Crippen molar-refractivity contribution in [1.82, 2.24) is 24.8 Å². The van der Waals surface area contributed by atoms with Crippen molar-refractivity contribution in [3.05, 3.63) is 58.0 Å². The maximum atomic E-state index is 11.8. The number of nitrogens with one attached hydrogen (secondary N) is 2. The standard InChI is InChI=1S/C17H21N5O/c1-11(2)22-15-7-5-4-6-14(15)21-16(22)10-18-8-13-9-19-12(3)20-17(13)23/h4-7,9,11,18H,8,10H2,1-3H3,(H,19,20,23). The third kappa shape index (κ3) is 3.17. The smallest absolute Gasteiger partial charge is 0.255 e. The number of fused-ring (bicyclic) bond motifs is 1. The zero-order valence-corrected chi connectivity index (χ0v) is 13.6. The van der Waals surface area contributed by atoms with Gasteiger partial charge in [0.2, 0.25) is 0 Å². The molecule has 0 saturated heterocycles. The van der Waals surface area contributed by atoms with E-state index in [1.54, 1.807) is 13.1 Å². The topological polar surface area (TPSA) is 75.6 Å². The Morgan fingerprint density at radius 3 is 2.78 bits per heavy atom. The number of benzene rings is 1. The van der Waals surface area contributed by atoms with Crippen LogP contribution >= 0.6 is 0 Å². The first-order valence-corrected chi connectivity index (χ1v) is 7.77. The first kappa shape index (κ1) is 15.4. The van der Waals surface area contributed by atoms with E-state index in [0.717, 1.165) is 16.9 Å². The van der Waals surface area contributed by atoms with Gasteiger partial charge in [-0.05, 0) is 32.9 Å². The minimum Gasteiger partial charge on any atom is -0.324 e. The first-order chi connectivity index (χ1) is 11.1. The zero-order chi connectivity index (χ0) is 16.4. The fraction of sp³-hybridized carbons (Fsp3) is 0.353. The summed E-state index contributed by atoms with van der Waals surface area (Å²) < 4.78 is 2.22. The van der Waals surface area contributed by atoms with E-state index in [1.165, 1.54) is 0 Å². The summed E-state index contributed by atoms with van der Waals surface area (Å²) in [5.41, 5.74) is 2.66. The van der Waals surface area contributed by atoms with Crippen LogP contribution in [0.2, 0.25) is 0 Å². The summed E-state index contributed by atoms with van der Waals surface area (Å²) in [7, 11) is 0. The molecule has 6 heteroatoms. The molecule has 0 fully saturated rings. The van der Waals surface area contributed by atoms with Gasteiger partial charge in [-0.2, -0.15) is 0 Å². The molecule has 120 valence electrons. The second kappa shape index (κ2) is 6.34. The molecule has 2 aromatic heterocycles. The third-order valence-corrected chi connectivity index (χ3v) is 3.78. The summed E-state index contributed by atoms with van der Waals surface area (Å²) in [6, 6.07) is 8.45. The fourth-order valence-corrected chi connectivity index (χ4v) is 2.74. The van der Waals surface area contributed by atoms with Crippen LogP contribution in [0.15, 0.2) is 35.3 Å². The second-order valence-corrected chi connectivity index (χ2v) is 5.91. The van der Waals surface area contributed by atoms with Gasteiger partial charge in [0.05, 0.1) is 17.6 Å². The molecule has 0 spiro atoms. The molecule has 2 N–H and O–H groups in total. The highest BCUT2D eigenvalue weighted by molar-refractivity contribution is 5.76. The van der Waals surface area contributed by atoms with Gasteiger partial charge < -0.3 is 14.9 Å². The Labute approximate surface area is 134 Å². The molecule has 0 saturated carbocycles. The Bertz CT molecular complexity index is 878. The van der Waals surface area contributed by atoms with Crippen molar-refractivity contribution in [1.29, 1.82) is 0 Å². The van der Waals surface area contributed by atoms with Gasteiger partial charge >= 0.3 is 0 Å². The quantitative estimate of drug-likeness (QED) is 0.758. The number of aryl methyl sites for hydroxylation is 1. The highest BCUT2D eigenvalue weighted by atomic mass is 16.1. The Morgan fingerprint density at radius 2 is 2.04 bits per heavy atom. The first-order valence-electron chi connectivity index (χ1n) is 7.77. The van der Waals surface area contributed by atoms with Gasteiger partial charge in [-0.25, -0.2) is 9.97 Å². The summed E-state index contributed by atoms with van der Waals surface area (Å²) in [6.07, 6.45) is 1.62. The minimum atomic E-state index is -0.0950. The van der Waals surface area contributed by atoms with Crippen LogP contribution in [0.5, 0.6) is 0 Å². The van der Waals surface area contributed by atoms with Crippen LogP contribution in [0.1, 0.15) is 37.1 Å². The third-order valence-electron chi connectivity index (χ3n) is 3.78. The fourth-order valence-electron chi connectivity index (χ4n) is 2.74. The summed E-state index contributed by atoms with van der Waals surface area (Å²) >= 11 is 0. The highest BCUT2D eigenvalue weighted by Gasteiger charge is 2.12. The van der Waals surface area contributed by atoms with Gasteiger partial charge in [-0.15, -0.1) is 0 Å². The van der Waals surface area contributed by atoms with E-state index in [4.69, 9.17) is 4.98 Å². The van der Waals surface area contributed by atoms with Crippen LogP contribution < -0.4 is 10.9 Å². The normalized spacial score (nSPS) is 11.5. The predicted molar refractivity (Wildman–Crippen MR) is 90.3 cm³/mol. The van der Waals surface area contributed by atoms with E-state index in [2.05, 4.69) is 39.8 Å². The summed E-state index contributed by atoms with van der Waals surface area (Å²) in [6.45, 7) is 7.12. The van der Waals surface area contributed by atoms with Crippen LogP contribution in [0, 0.1) is 6.92 Å². The molecule has 3 rings (SSSR count). The lowest BCUT2D eigenvalue weighted by atomic mass is 10.3. The summed E-state index contributed by atoms with van der Waals surface area (Å²) in [4.78, 5) is 23.4. The van der Waals surface area contributed by atoms with Crippen molar-refractivity contribution in [2.75, 3.05) is 0 Å². The van der Waals surface area contributed by atoms with Crippen molar-refractivity contribution in [3.63, 3.8) is 0 Å². The molecule has 0 aliphatic rings. The number of rotatable bonds is 5. The van der Waals surface area contributed by atoms with Crippen LogP contribution in [0.4, 0.5) is 0 Å². The Kier molecular flexibility index (Phi) is 4.25. The lowest BCUT2D eigenvalue weighted by molar-refractivity contribution is 0.553. The van der Waals surface area contributed by atoms with E-state index in [0.29, 0.717) is 30.5 Å². The van der Waals surface area contributed by atoms with E-state index in [1.807, 2.05) is 18.2 Å². The summed E-state index contributed by atoms with van der Waals surface area (Å²) in [5.74, 6) is 1.60. The van der Waals surface area contributed by atoms with Crippen molar-refractivity contribution in [3.8, 4) is 0 Å². The molecule has 0 amide bonds. The van der Waals surface area contributed by atoms with Crippen molar-refractivity contribution >= 4 is 11.0 Å². The van der Waals surface area contributed by atoms with Crippen molar-refractivity contribution in [2.24, 2.45) is 0 Å². The molecule has 1 aromatic carbocycles. The number of aromatic nitrogens is 4. The van der Waals surface area contributed by atoms with Gasteiger partial charge in [0, 0.05) is 24.3 Å². The van der Waals surface area contributed by atoms with Crippen molar-refractivity contribution in [2.45, 2.75) is 39.9 Å². The monoisotopic (exact) mass is 311 g/mol. The number of para-hydroxylation sites is 2. The average molecular weight is 311 g/mol. The molecule has 0 radical (unpaired) electrons. The van der Waals surface area contributed by atoms with Gasteiger partial charge in [0.25, 0.3) is 5.56 Å². The van der Waals surface area contributed by atoms with Crippen LogP contribution in [-0.4, -0.2) is 19.5 Å². The van der Waals surface area contributed by atoms with Gasteiger partial charge in [0.15, 0.2) is 0 Å². The van der Waals surface area contributed by atoms with E-state index < -0.39 is 0 Å². The lowest BCUT2D eigenvalue weighted by Gasteiger charge is -2.13. The Morgan fingerprint density at radius 1 is 1.26 bits per heavy atom. The van der Waals surface area contributed by atoms with Crippen molar-refractivity contribution < 1.29 is 0 Å². The van der Waals surface area contributed by atoms with E-state index in [9.17, 15) is 4.79 Å². The van der Waals surface area contributed by atoms with Crippen LogP contribution in [0.25, 0.3) is 11.0 Å². The van der Waals surface area contributed by atoms with Crippen LogP contribution in [0.3, 0.4) is 0 Å². The molecular formula is C17H21N5O. The number of hydrogen-bond acceptors (Lipinski definition) is 4. The molecule has 0 aliphatic carbocycles. The molecule has 2 heterocycles. The Balaban J connectivity index is 1.79. The number of nitrogens with zero attached hydrogens (tertiary/aromatic N) is 3. The molecule has 0 aliphatic heterocycles. The van der Waals surface area contributed by atoms with Gasteiger partial charge in [-0.1, -0.05) is 12.1 Å². The maximum absolute atomic E-state index is 11.8. The second-order valence-electron chi connectivity index (χ2n) is 5.91. The maximum Gasteiger partial charge on any atom is 0.255 e. The largest absolute Gasteiger partial charge is 0.324 e. The number of H-pyrrole nitrogens is 1.